The number of nitrogens with zero attached hydrogens (tertiary/aromatic N) is 1. The number of pyridine rings is 1. The summed E-state index contributed by atoms with van der Waals surface area (Å²) >= 11 is 0. The zero-order valence-corrected chi connectivity index (χ0v) is 7.51. The van der Waals surface area contributed by atoms with E-state index in [1.807, 2.05) is 18.2 Å². The van der Waals surface area contributed by atoms with Crippen molar-refractivity contribution in [3.8, 4) is 17.0 Å². The Morgan fingerprint density at radius 2 is 2.00 bits per heavy atom. The third kappa shape index (κ3) is 1.52. The molecule has 2 rings (SSSR count). The van der Waals surface area contributed by atoms with Crippen LogP contribution in [0, 0.1) is 0 Å². The Labute approximate surface area is 81.8 Å². The highest BCUT2D eigenvalue weighted by molar-refractivity contribution is 5.69. The lowest BCUT2D eigenvalue weighted by molar-refractivity contribution is 0.477. The van der Waals surface area contributed by atoms with E-state index in [-0.39, 0.29) is 5.75 Å². The van der Waals surface area contributed by atoms with Crippen LogP contribution in [0.3, 0.4) is 0 Å². The average Bonchev–Trinajstić information content (AvgIpc) is 2.19. The molecule has 3 N–H and O–H groups in total. The van der Waals surface area contributed by atoms with Crippen LogP contribution in [0.1, 0.15) is 0 Å². The molecule has 0 fully saturated rings. The van der Waals surface area contributed by atoms with E-state index >= 15 is 0 Å². The Balaban J connectivity index is 2.53. The van der Waals surface area contributed by atoms with Gasteiger partial charge in [0.2, 0.25) is 0 Å². The fourth-order valence-electron chi connectivity index (χ4n) is 1.29. The van der Waals surface area contributed by atoms with Crippen molar-refractivity contribution in [1.29, 1.82) is 0 Å². The lowest BCUT2D eigenvalue weighted by Crippen LogP contribution is -1.86. The minimum atomic E-state index is 0.156. The summed E-state index contributed by atoms with van der Waals surface area (Å²) in [5.74, 6) is 0.156. The Morgan fingerprint density at radius 1 is 1.14 bits per heavy atom. The molecule has 0 saturated carbocycles. The van der Waals surface area contributed by atoms with Gasteiger partial charge in [0.15, 0.2) is 0 Å². The van der Waals surface area contributed by atoms with E-state index in [9.17, 15) is 5.11 Å². The molecule has 0 aliphatic carbocycles. The minimum absolute atomic E-state index is 0.156. The SMILES string of the molecule is Nc1ccc(-c2ccccn2)c(O)c1. The summed E-state index contributed by atoms with van der Waals surface area (Å²) in [5, 5.41) is 9.62. The van der Waals surface area contributed by atoms with Gasteiger partial charge in [0.1, 0.15) is 5.75 Å². The molecule has 0 aliphatic heterocycles. The first-order valence-corrected chi connectivity index (χ1v) is 4.27. The summed E-state index contributed by atoms with van der Waals surface area (Å²) in [6.07, 6.45) is 1.69. The first kappa shape index (κ1) is 8.56. The molecule has 3 nitrogen and oxygen atoms in total. The van der Waals surface area contributed by atoms with Crippen LogP contribution in [0.15, 0.2) is 42.6 Å². The number of benzene rings is 1. The highest BCUT2D eigenvalue weighted by atomic mass is 16.3. The molecule has 1 aromatic carbocycles. The van der Waals surface area contributed by atoms with Gasteiger partial charge < -0.3 is 10.8 Å². The van der Waals surface area contributed by atoms with E-state index < -0.39 is 0 Å². The second kappa shape index (κ2) is 3.38. The molecule has 70 valence electrons. The van der Waals surface area contributed by atoms with Crippen LogP contribution in [-0.4, -0.2) is 10.1 Å². The van der Waals surface area contributed by atoms with Crippen LogP contribution in [0.5, 0.6) is 5.75 Å². The first-order chi connectivity index (χ1) is 6.77. The van der Waals surface area contributed by atoms with Gasteiger partial charge in [0.05, 0.1) is 5.69 Å². The molecule has 0 radical (unpaired) electrons. The predicted octanol–water partition coefficient (Wildman–Crippen LogP) is 2.04. The van der Waals surface area contributed by atoms with Crippen molar-refractivity contribution < 1.29 is 5.11 Å². The molecule has 0 aliphatic rings. The molecule has 1 aromatic heterocycles. The van der Waals surface area contributed by atoms with Crippen LogP contribution in [-0.2, 0) is 0 Å². The van der Waals surface area contributed by atoms with Gasteiger partial charge in [-0.3, -0.25) is 4.98 Å². The Morgan fingerprint density at radius 3 is 2.64 bits per heavy atom. The highest BCUT2D eigenvalue weighted by Gasteiger charge is 2.04. The monoisotopic (exact) mass is 186 g/mol. The summed E-state index contributed by atoms with van der Waals surface area (Å²) < 4.78 is 0. The molecular formula is C11H10N2O. The van der Waals surface area contributed by atoms with Crippen LogP contribution < -0.4 is 5.73 Å². The maximum Gasteiger partial charge on any atom is 0.127 e. The van der Waals surface area contributed by atoms with Crippen molar-refractivity contribution in [2.24, 2.45) is 0 Å². The third-order valence-corrected chi connectivity index (χ3v) is 1.96. The smallest absolute Gasteiger partial charge is 0.127 e. The minimum Gasteiger partial charge on any atom is -0.507 e. The fraction of sp³-hybridized carbons (Fsp3) is 0. The largest absolute Gasteiger partial charge is 0.507 e. The summed E-state index contributed by atoms with van der Waals surface area (Å²) in [5.41, 5.74) is 7.50. The lowest BCUT2D eigenvalue weighted by atomic mass is 10.1. The highest BCUT2D eigenvalue weighted by Crippen LogP contribution is 2.28. The Hall–Kier alpha value is -2.03. The van der Waals surface area contributed by atoms with Gasteiger partial charge >= 0.3 is 0 Å². The molecule has 2 aromatic rings. The summed E-state index contributed by atoms with van der Waals surface area (Å²) in [7, 11) is 0. The number of phenols is 1. The molecule has 14 heavy (non-hydrogen) atoms. The Bertz CT molecular complexity index is 440. The van der Waals surface area contributed by atoms with Gasteiger partial charge in [-0.15, -0.1) is 0 Å². The number of aromatic hydroxyl groups is 1. The molecule has 0 atom stereocenters. The standard InChI is InChI=1S/C11H10N2O/c12-8-4-5-9(11(14)7-8)10-3-1-2-6-13-10/h1-7,14H,12H2. The number of nitrogens with two attached hydrogens (primary N) is 1. The van der Waals surface area contributed by atoms with E-state index in [4.69, 9.17) is 5.73 Å². The van der Waals surface area contributed by atoms with Crippen molar-refractivity contribution in [2.75, 3.05) is 5.73 Å². The van der Waals surface area contributed by atoms with Crippen molar-refractivity contribution in [1.82, 2.24) is 4.98 Å². The number of hydrogen-bond donors (Lipinski definition) is 2. The van der Waals surface area contributed by atoms with Crippen molar-refractivity contribution in [3.05, 3.63) is 42.6 Å². The molecular weight excluding hydrogens is 176 g/mol. The van der Waals surface area contributed by atoms with Crippen molar-refractivity contribution in [2.45, 2.75) is 0 Å². The third-order valence-electron chi connectivity index (χ3n) is 1.96. The van der Waals surface area contributed by atoms with E-state index in [2.05, 4.69) is 4.98 Å². The molecule has 0 amide bonds. The van der Waals surface area contributed by atoms with Crippen LogP contribution in [0.4, 0.5) is 5.69 Å². The number of aromatic nitrogens is 1. The maximum absolute atomic E-state index is 9.62. The molecule has 0 bridgehead atoms. The van der Waals surface area contributed by atoms with Gasteiger partial charge in [0, 0.05) is 23.5 Å². The molecule has 0 unspecified atom stereocenters. The van der Waals surface area contributed by atoms with Crippen LogP contribution in [0.2, 0.25) is 0 Å². The number of nitrogen functional groups attached to an aromatic ring is 1. The number of phenolic OH excluding ortho intramolecular Hbond substituents is 1. The van der Waals surface area contributed by atoms with Gasteiger partial charge in [-0.05, 0) is 24.3 Å². The normalized spacial score (nSPS) is 10.0. The molecule has 0 saturated heterocycles. The second-order valence-corrected chi connectivity index (χ2v) is 2.99. The van der Waals surface area contributed by atoms with E-state index in [0.717, 1.165) is 5.69 Å². The molecule has 3 heteroatoms. The van der Waals surface area contributed by atoms with Gasteiger partial charge in [-0.2, -0.15) is 0 Å². The fourth-order valence-corrected chi connectivity index (χ4v) is 1.29. The maximum atomic E-state index is 9.62. The van der Waals surface area contributed by atoms with Gasteiger partial charge in [-0.1, -0.05) is 6.07 Å². The zero-order chi connectivity index (χ0) is 9.97. The molecule has 1 heterocycles. The predicted molar refractivity (Wildman–Crippen MR) is 55.8 cm³/mol. The zero-order valence-electron chi connectivity index (χ0n) is 7.51. The van der Waals surface area contributed by atoms with Crippen LogP contribution >= 0.6 is 0 Å². The van der Waals surface area contributed by atoms with E-state index in [1.54, 1.807) is 18.3 Å². The number of hydrogen-bond acceptors (Lipinski definition) is 3. The molecule has 0 spiro atoms. The summed E-state index contributed by atoms with van der Waals surface area (Å²) in [6.45, 7) is 0. The van der Waals surface area contributed by atoms with Crippen molar-refractivity contribution >= 4 is 5.69 Å². The van der Waals surface area contributed by atoms with Gasteiger partial charge in [-0.25, -0.2) is 0 Å². The average molecular weight is 186 g/mol. The quantitative estimate of drug-likeness (QED) is 0.670. The summed E-state index contributed by atoms with van der Waals surface area (Å²) in [4.78, 5) is 4.14. The van der Waals surface area contributed by atoms with E-state index in [1.165, 1.54) is 6.07 Å². The number of anilines is 1. The first-order valence-electron chi connectivity index (χ1n) is 4.27. The lowest BCUT2D eigenvalue weighted by Gasteiger charge is -2.03. The summed E-state index contributed by atoms with van der Waals surface area (Å²) in [6, 6.07) is 10.6. The number of rotatable bonds is 1. The van der Waals surface area contributed by atoms with Gasteiger partial charge in [0.25, 0.3) is 0 Å². The van der Waals surface area contributed by atoms with Crippen molar-refractivity contribution in [3.63, 3.8) is 0 Å². The van der Waals surface area contributed by atoms with E-state index in [0.29, 0.717) is 11.3 Å². The topological polar surface area (TPSA) is 59.1 Å². The Kier molecular flexibility index (Phi) is 2.07. The van der Waals surface area contributed by atoms with Crippen LogP contribution in [0.25, 0.3) is 11.3 Å². The second-order valence-electron chi connectivity index (χ2n) is 2.99.